The molecule has 1 amide bonds. The second-order valence-corrected chi connectivity index (χ2v) is 7.62. The molecule has 0 saturated carbocycles. The lowest BCUT2D eigenvalue weighted by molar-refractivity contribution is -0.119. The number of nitrogens with zero attached hydrogens (tertiary/aromatic N) is 1. The number of phenols is 1. The smallest absolute Gasteiger partial charge is 0.243 e. The van der Waals surface area contributed by atoms with E-state index in [0.717, 1.165) is 16.4 Å². The molecule has 0 radical (unpaired) electrons. The average molecular weight is 364 g/mol. The SMILES string of the molecule is O=C(Nc1ccccc1O)C1CCCN1S(=O)(=O)c1ccc(F)cc1. The molecule has 0 aliphatic carbocycles. The second kappa shape index (κ2) is 6.81. The largest absolute Gasteiger partial charge is 0.506 e. The molecule has 0 aromatic heterocycles. The van der Waals surface area contributed by atoms with Crippen molar-refractivity contribution >= 4 is 21.6 Å². The van der Waals surface area contributed by atoms with Gasteiger partial charge in [0.2, 0.25) is 15.9 Å². The first kappa shape index (κ1) is 17.4. The summed E-state index contributed by atoms with van der Waals surface area (Å²) in [6, 6.07) is 9.85. The van der Waals surface area contributed by atoms with Gasteiger partial charge < -0.3 is 10.4 Å². The first-order valence-corrected chi connectivity index (χ1v) is 9.20. The van der Waals surface area contributed by atoms with E-state index >= 15 is 0 Å². The van der Waals surface area contributed by atoms with Gasteiger partial charge in [-0.2, -0.15) is 4.31 Å². The molecule has 132 valence electrons. The summed E-state index contributed by atoms with van der Waals surface area (Å²) >= 11 is 0. The summed E-state index contributed by atoms with van der Waals surface area (Å²) in [6.45, 7) is 0.207. The number of anilines is 1. The Labute approximate surface area is 144 Å². The minimum absolute atomic E-state index is 0.0591. The zero-order valence-corrected chi connectivity index (χ0v) is 14.0. The third kappa shape index (κ3) is 3.49. The highest BCUT2D eigenvalue weighted by molar-refractivity contribution is 7.89. The number of rotatable bonds is 4. The molecule has 6 nitrogen and oxygen atoms in total. The Hall–Kier alpha value is -2.45. The first-order valence-electron chi connectivity index (χ1n) is 7.76. The van der Waals surface area contributed by atoms with E-state index in [2.05, 4.69) is 5.32 Å². The van der Waals surface area contributed by atoms with Gasteiger partial charge in [0, 0.05) is 6.54 Å². The first-order chi connectivity index (χ1) is 11.9. The molecule has 1 unspecified atom stereocenters. The van der Waals surface area contributed by atoms with Gasteiger partial charge in [-0.05, 0) is 49.2 Å². The van der Waals surface area contributed by atoms with Crippen molar-refractivity contribution in [3.8, 4) is 5.75 Å². The Bertz CT molecular complexity index is 884. The number of para-hydroxylation sites is 2. The topological polar surface area (TPSA) is 86.7 Å². The lowest BCUT2D eigenvalue weighted by Gasteiger charge is -2.23. The molecule has 8 heteroatoms. The molecule has 1 heterocycles. The van der Waals surface area contributed by atoms with Crippen LogP contribution in [0.2, 0.25) is 0 Å². The standard InChI is InChI=1S/C17H17FN2O4S/c18-12-7-9-13(10-8-12)25(23,24)20-11-3-5-15(20)17(22)19-14-4-1-2-6-16(14)21/h1-2,4,6-10,15,21H,3,5,11H2,(H,19,22). The van der Waals surface area contributed by atoms with Gasteiger partial charge in [0.05, 0.1) is 10.6 Å². The van der Waals surface area contributed by atoms with E-state index in [9.17, 15) is 22.7 Å². The number of nitrogens with one attached hydrogen (secondary N) is 1. The van der Waals surface area contributed by atoms with Crippen molar-refractivity contribution in [2.45, 2.75) is 23.8 Å². The number of aromatic hydroxyl groups is 1. The van der Waals surface area contributed by atoms with Gasteiger partial charge in [-0.3, -0.25) is 4.79 Å². The number of carbonyl (C=O) groups excluding carboxylic acids is 1. The molecule has 1 fully saturated rings. The van der Waals surface area contributed by atoms with Crippen LogP contribution in [-0.2, 0) is 14.8 Å². The maximum Gasteiger partial charge on any atom is 0.243 e. The molecule has 1 aliphatic heterocycles. The van der Waals surface area contributed by atoms with Crippen molar-refractivity contribution in [3.05, 3.63) is 54.3 Å². The summed E-state index contributed by atoms with van der Waals surface area (Å²) in [5.41, 5.74) is 0.221. The number of benzene rings is 2. The number of sulfonamides is 1. The molecule has 2 aromatic rings. The van der Waals surface area contributed by atoms with Crippen LogP contribution in [0.15, 0.2) is 53.4 Å². The summed E-state index contributed by atoms with van der Waals surface area (Å²) in [4.78, 5) is 12.5. The van der Waals surface area contributed by atoms with Crippen LogP contribution in [0.3, 0.4) is 0 Å². The van der Waals surface area contributed by atoms with Gasteiger partial charge in [-0.25, -0.2) is 12.8 Å². The van der Waals surface area contributed by atoms with E-state index in [1.54, 1.807) is 12.1 Å². The fourth-order valence-electron chi connectivity index (χ4n) is 2.83. The van der Waals surface area contributed by atoms with Crippen LogP contribution in [-0.4, -0.2) is 36.3 Å². The maximum absolute atomic E-state index is 13.0. The molecule has 25 heavy (non-hydrogen) atoms. The summed E-state index contributed by atoms with van der Waals surface area (Å²) in [5.74, 6) is -1.14. The van der Waals surface area contributed by atoms with E-state index in [-0.39, 0.29) is 22.9 Å². The minimum atomic E-state index is -3.91. The number of hydrogen-bond acceptors (Lipinski definition) is 4. The van der Waals surface area contributed by atoms with Crippen molar-refractivity contribution in [1.29, 1.82) is 0 Å². The molecular formula is C17H17FN2O4S. The van der Waals surface area contributed by atoms with Crippen LogP contribution in [0.1, 0.15) is 12.8 Å². The molecule has 3 rings (SSSR count). The van der Waals surface area contributed by atoms with E-state index in [1.807, 2.05) is 0 Å². The third-order valence-corrected chi connectivity index (χ3v) is 6.01. The van der Waals surface area contributed by atoms with Gasteiger partial charge in [-0.1, -0.05) is 12.1 Å². The van der Waals surface area contributed by atoms with Crippen LogP contribution >= 0.6 is 0 Å². The Morgan fingerprint density at radius 1 is 1.16 bits per heavy atom. The van der Waals surface area contributed by atoms with Gasteiger partial charge >= 0.3 is 0 Å². The molecule has 1 aliphatic rings. The number of carbonyl (C=O) groups is 1. The van der Waals surface area contributed by atoms with Crippen molar-refractivity contribution in [2.24, 2.45) is 0 Å². The summed E-state index contributed by atoms with van der Waals surface area (Å²) < 4.78 is 39.7. The van der Waals surface area contributed by atoms with Crippen molar-refractivity contribution in [1.82, 2.24) is 4.31 Å². The minimum Gasteiger partial charge on any atom is -0.506 e. The molecule has 2 N–H and O–H groups in total. The molecule has 2 aromatic carbocycles. The van der Waals surface area contributed by atoms with Crippen LogP contribution in [0, 0.1) is 5.82 Å². The van der Waals surface area contributed by atoms with Crippen LogP contribution < -0.4 is 5.32 Å². The summed E-state index contributed by atoms with van der Waals surface area (Å²) in [7, 11) is -3.91. The molecule has 1 saturated heterocycles. The summed E-state index contributed by atoms with van der Waals surface area (Å²) in [6.07, 6.45) is 0.916. The Kier molecular flexibility index (Phi) is 4.73. The lowest BCUT2D eigenvalue weighted by atomic mass is 10.2. The predicted octanol–water partition coefficient (Wildman–Crippen LogP) is 2.32. The third-order valence-electron chi connectivity index (χ3n) is 4.09. The van der Waals surface area contributed by atoms with E-state index in [1.165, 1.54) is 24.3 Å². The molecule has 0 bridgehead atoms. The van der Waals surface area contributed by atoms with Gasteiger partial charge in [0.1, 0.15) is 17.6 Å². The van der Waals surface area contributed by atoms with Crippen LogP contribution in [0.25, 0.3) is 0 Å². The molecule has 1 atom stereocenters. The van der Waals surface area contributed by atoms with Gasteiger partial charge in [0.25, 0.3) is 0 Å². The number of phenolic OH excluding ortho intramolecular Hbond substituents is 1. The van der Waals surface area contributed by atoms with Crippen molar-refractivity contribution < 1.29 is 22.7 Å². The predicted molar refractivity (Wildman–Crippen MR) is 90.1 cm³/mol. The number of amides is 1. The van der Waals surface area contributed by atoms with Crippen LogP contribution in [0.4, 0.5) is 10.1 Å². The Morgan fingerprint density at radius 3 is 2.52 bits per heavy atom. The van der Waals surface area contributed by atoms with E-state index < -0.39 is 27.8 Å². The van der Waals surface area contributed by atoms with E-state index in [4.69, 9.17) is 0 Å². The highest BCUT2D eigenvalue weighted by atomic mass is 32.2. The second-order valence-electron chi connectivity index (χ2n) is 5.73. The maximum atomic E-state index is 13.0. The highest BCUT2D eigenvalue weighted by Gasteiger charge is 2.39. The Morgan fingerprint density at radius 2 is 1.84 bits per heavy atom. The van der Waals surface area contributed by atoms with Crippen LogP contribution in [0.5, 0.6) is 5.75 Å². The van der Waals surface area contributed by atoms with Gasteiger partial charge in [-0.15, -0.1) is 0 Å². The number of hydrogen-bond donors (Lipinski definition) is 2. The number of halogens is 1. The van der Waals surface area contributed by atoms with Crippen molar-refractivity contribution in [3.63, 3.8) is 0 Å². The fraction of sp³-hybridized carbons (Fsp3) is 0.235. The molecule has 0 spiro atoms. The molecular weight excluding hydrogens is 347 g/mol. The summed E-state index contributed by atoms with van der Waals surface area (Å²) in [5, 5.41) is 12.3. The van der Waals surface area contributed by atoms with Crippen molar-refractivity contribution in [2.75, 3.05) is 11.9 Å². The Balaban J connectivity index is 1.83. The van der Waals surface area contributed by atoms with E-state index in [0.29, 0.717) is 12.8 Å². The normalized spacial score (nSPS) is 18.2. The average Bonchev–Trinajstić information content (AvgIpc) is 3.08. The quantitative estimate of drug-likeness (QED) is 0.815. The fourth-order valence-corrected chi connectivity index (χ4v) is 4.48. The zero-order chi connectivity index (χ0) is 18.0. The van der Waals surface area contributed by atoms with Gasteiger partial charge in [0.15, 0.2) is 0 Å². The monoisotopic (exact) mass is 364 g/mol. The zero-order valence-electron chi connectivity index (χ0n) is 13.2. The highest BCUT2D eigenvalue weighted by Crippen LogP contribution is 2.28. The lowest BCUT2D eigenvalue weighted by Crippen LogP contribution is -2.43.